The Hall–Kier alpha value is -1.17. The monoisotopic (exact) mass is 140 g/mol. The minimum atomic E-state index is -0.591. The summed E-state index contributed by atoms with van der Waals surface area (Å²) in [6.45, 7) is 3.63. The summed E-state index contributed by atoms with van der Waals surface area (Å²) in [7, 11) is 0. The lowest BCUT2D eigenvalue weighted by Gasteiger charge is -2.21. The predicted octanol–water partition coefficient (Wildman–Crippen LogP) is 0.457. The van der Waals surface area contributed by atoms with Crippen molar-refractivity contribution in [3.05, 3.63) is 0 Å². The fraction of sp³-hybridized carbons (Fsp3) is 0.571. The molecule has 3 heteroatoms. The van der Waals surface area contributed by atoms with Gasteiger partial charge in [-0.2, -0.15) is 0 Å². The molecule has 0 rings (SSSR count). The van der Waals surface area contributed by atoms with Crippen LogP contribution in [0, 0.1) is 12.3 Å². The largest absolute Gasteiger partial charge is 0.352 e. The van der Waals surface area contributed by atoms with Gasteiger partial charge in [-0.1, -0.05) is 12.8 Å². The molecule has 0 aliphatic rings. The lowest BCUT2D eigenvalue weighted by molar-refractivity contribution is 0.241. The fourth-order valence-corrected chi connectivity index (χ4v) is 0.498. The molecule has 0 aromatic carbocycles. The smallest absolute Gasteiger partial charge is 0.313 e. The van der Waals surface area contributed by atoms with E-state index in [1.165, 1.54) is 0 Å². The third kappa shape index (κ3) is 2.40. The summed E-state index contributed by atoms with van der Waals surface area (Å²) in [5.74, 6) is 2.45. The number of nitrogens with two attached hydrogens (primary N) is 1. The summed E-state index contributed by atoms with van der Waals surface area (Å²) in [6.07, 6.45) is 5.82. The third-order valence-electron chi connectivity index (χ3n) is 1.42. The Bertz CT molecular complexity index is 171. The van der Waals surface area contributed by atoms with E-state index in [-0.39, 0.29) is 0 Å². The summed E-state index contributed by atoms with van der Waals surface area (Å²) in [5.41, 5.74) is 4.29. The molecule has 0 aromatic heterocycles. The molecule has 0 bridgehead atoms. The van der Waals surface area contributed by atoms with Gasteiger partial charge >= 0.3 is 6.03 Å². The zero-order chi connectivity index (χ0) is 8.20. The average Bonchev–Trinajstić information content (AvgIpc) is 1.87. The fourth-order valence-electron chi connectivity index (χ4n) is 0.498. The topological polar surface area (TPSA) is 55.1 Å². The molecule has 0 radical (unpaired) electrons. The first-order valence-corrected chi connectivity index (χ1v) is 3.09. The van der Waals surface area contributed by atoms with Gasteiger partial charge in [-0.05, 0) is 13.3 Å². The van der Waals surface area contributed by atoms with Gasteiger partial charge in [-0.3, -0.25) is 0 Å². The van der Waals surface area contributed by atoms with Crippen LogP contribution in [0.15, 0.2) is 0 Å². The van der Waals surface area contributed by atoms with Crippen molar-refractivity contribution in [3.63, 3.8) is 0 Å². The Morgan fingerprint density at radius 3 is 2.50 bits per heavy atom. The van der Waals surface area contributed by atoms with Crippen LogP contribution in [0.1, 0.15) is 20.3 Å². The van der Waals surface area contributed by atoms with Crippen molar-refractivity contribution < 1.29 is 4.79 Å². The maximum absolute atomic E-state index is 10.3. The zero-order valence-corrected chi connectivity index (χ0v) is 6.27. The molecule has 10 heavy (non-hydrogen) atoms. The molecule has 0 saturated heterocycles. The first-order chi connectivity index (χ1) is 4.54. The summed E-state index contributed by atoms with van der Waals surface area (Å²) < 4.78 is 0. The van der Waals surface area contributed by atoms with E-state index in [4.69, 9.17) is 12.2 Å². The summed E-state index contributed by atoms with van der Waals surface area (Å²) in [6, 6.07) is -0.581. The Labute approximate surface area is 61.0 Å². The molecule has 0 aliphatic heterocycles. The number of hydrogen-bond acceptors (Lipinski definition) is 1. The highest BCUT2D eigenvalue weighted by molar-refractivity contribution is 5.73. The van der Waals surface area contributed by atoms with E-state index in [0.29, 0.717) is 6.42 Å². The van der Waals surface area contributed by atoms with Crippen LogP contribution in [0.5, 0.6) is 0 Å². The number of terminal acetylenes is 1. The van der Waals surface area contributed by atoms with Gasteiger partial charge in [0.25, 0.3) is 0 Å². The van der Waals surface area contributed by atoms with Crippen molar-refractivity contribution in [2.45, 2.75) is 25.8 Å². The molecule has 3 nitrogen and oxygen atoms in total. The number of carbonyl (C=O) groups is 1. The van der Waals surface area contributed by atoms with Crippen molar-refractivity contribution in [2.75, 3.05) is 0 Å². The number of primary amides is 1. The van der Waals surface area contributed by atoms with Gasteiger partial charge in [0.1, 0.15) is 0 Å². The van der Waals surface area contributed by atoms with Crippen molar-refractivity contribution in [1.29, 1.82) is 0 Å². The minimum Gasteiger partial charge on any atom is -0.352 e. The minimum absolute atomic E-state index is 0.581. The van der Waals surface area contributed by atoms with E-state index < -0.39 is 11.6 Å². The number of hydrogen-bond donors (Lipinski definition) is 2. The highest BCUT2D eigenvalue weighted by atomic mass is 16.2. The third-order valence-corrected chi connectivity index (χ3v) is 1.42. The Balaban J connectivity index is 4.10. The molecule has 0 heterocycles. The van der Waals surface area contributed by atoms with Crippen molar-refractivity contribution in [1.82, 2.24) is 5.32 Å². The van der Waals surface area contributed by atoms with Crippen molar-refractivity contribution in [3.8, 4) is 12.3 Å². The Morgan fingerprint density at radius 1 is 1.90 bits per heavy atom. The molecule has 3 N–H and O–H groups in total. The first-order valence-electron chi connectivity index (χ1n) is 3.09. The van der Waals surface area contributed by atoms with Crippen LogP contribution in [0.3, 0.4) is 0 Å². The molecular formula is C7H12N2O. The van der Waals surface area contributed by atoms with E-state index in [1.807, 2.05) is 6.92 Å². The quantitative estimate of drug-likeness (QED) is 0.538. The second kappa shape index (κ2) is 3.11. The Kier molecular flexibility index (Phi) is 2.75. The second-order valence-corrected chi connectivity index (χ2v) is 2.32. The van der Waals surface area contributed by atoms with Gasteiger partial charge in [0.2, 0.25) is 0 Å². The second-order valence-electron chi connectivity index (χ2n) is 2.32. The van der Waals surface area contributed by atoms with Gasteiger partial charge in [0.15, 0.2) is 0 Å². The number of rotatable bonds is 2. The lowest BCUT2D eigenvalue weighted by Crippen LogP contribution is -2.46. The molecule has 0 aromatic rings. The SMILES string of the molecule is C#CC(C)(CC)NC(N)=O. The average molecular weight is 140 g/mol. The molecule has 0 spiro atoms. The van der Waals surface area contributed by atoms with E-state index in [9.17, 15) is 4.79 Å². The number of carbonyl (C=O) groups excluding carboxylic acids is 1. The predicted molar refractivity (Wildman–Crippen MR) is 40.2 cm³/mol. The first kappa shape index (κ1) is 8.83. The molecule has 0 fully saturated rings. The maximum Gasteiger partial charge on any atom is 0.313 e. The van der Waals surface area contributed by atoms with Crippen LogP contribution in [0.4, 0.5) is 4.79 Å². The van der Waals surface area contributed by atoms with Gasteiger partial charge < -0.3 is 11.1 Å². The van der Waals surface area contributed by atoms with Crippen LogP contribution in [-0.4, -0.2) is 11.6 Å². The van der Waals surface area contributed by atoms with E-state index in [2.05, 4.69) is 11.2 Å². The van der Waals surface area contributed by atoms with Crippen LogP contribution in [0.2, 0.25) is 0 Å². The van der Waals surface area contributed by atoms with Gasteiger partial charge in [-0.15, -0.1) is 6.42 Å². The molecule has 56 valence electrons. The van der Waals surface area contributed by atoms with Crippen LogP contribution in [0.25, 0.3) is 0 Å². The normalized spacial score (nSPS) is 14.9. The molecule has 2 amide bonds. The summed E-state index contributed by atoms with van der Waals surface area (Å²) >= 11 is 0. The summed E-state index contributed by atoms with van der Waals surface area (Å²) in [5, 5.41) is 2.46. The van der Waals surface area contributed by atoms with Gasteiger partial charge in [0, 0.05) is 0 Å². The van der Waals surface area contributed by atoms with Gasteiger partial charge in [0.05, 0.1) is 5.54 Å². The highest BCUT2D eigenvalue weighted by Crippen LogP contribution is 2.05. The molecule has 1 unspecified atom stereocenters. The van der Waals surface area contributed by atoms with Crippen molar-refractivity contribution in [2.24, 2.45) is 5.73 Å². The molecular weight excluding hydrogens is 128 g/mol. The molecule has 1 atom stereocenters. The summed E-state index contributed by atoms with van der Waals surface area (Å²) in [4.78, 5) is 10.3. The van der Waals surface area contributed by atoms with Crippen molar-refractivity contribution >= 4 is 6.03 Å². The highest BCUT2D eigenvalue weighted by Gasteiger charge is 2.18. The van der Waals surface area contributed by atoms with Crippen LogP contribution >= 0.6 is 0 Å². The number of urea groups is 1. The van der Waals surface area contributed by atoms with E-state index in [0.717, 1.165) is 0 Å². The standard InChI is InChI=1S/C7H12N2O/c1-4-7(3,5-2)9-6(8)10/h1H,5H2,2-3H3,(H3,8,9,10). The zero-order valence-electron chi connectivity index (χ0n) is 6.27. The van der Waals surface area contributed by atoms with Gasteiger partial charge in [-0.25, -0.2) is 4.79 Å². The lowest BCUT2D eigenvalue weighted by atomic mass is 10.0. The van der Waals surface area contributed by atoms with Crippen LogP contribution in [-0.2, 0) is 0 Å². The number of amides is 2. The number of nitrogens with one attached hydrogen (secondary N) is 1. The van der Waals surface area contributed by atoms with E-state index >= 15 is 0 Å². The Morgan fingerprint density at radius 2 is 2.40 bits per heavy atom. The molecule has 0 aliphatic carbocycles. The maximum atomic E-state index is 10.3. The molecule has 0 saturated carbocycles. The van der Waals surface area contributed by atoms with Crippen LogP contribution < -0.4 is 11.1 Å². The van der Waals surface area contributed by atoms with E-state index in [1.54, 1.807) is 6.92 Å².